The van der Waals surface area contributed by atoms with Crippen LogP contribution < -0.4 is 0 Å². The first kappa shape index (κ1) is 10.6. The fraction of sp³-hybridized carbons (Fsp3) is 0.778. The SMILES string of the molecule is CCCc1nsc(CC(O)CC)n1. The Morgan fingerprint density at radius 3 is 2.85 bits per heavy atom. The van der Waals surface area contributed by atoms with Gasteiger partial charge in [-0.05, 0) is 24.4 Å². The van der Waals surface area contributed by atoms with E-state index >= 15 is 0 Å². The fourth-order valence-electron chi connectivity index (χ4n) is 1.04. The average Bonchev–Trinajstić information content (AvgIpc) is 2.53. The molecule has 0 aliphatic rings. The van der Waals surface area contributed by atoms with E-state index in [1.54, 1.807) is 0 Å². The molecule has 1 unspecified atom stereocenters. The van der Waals surface area contributed by atoms with Gasteiger partial charge in [0.25, 0.3) is 0 Å². The van der Waals surface area contributed by atoms with Crippen LogP contribution >= 0.6 is 11.5 Å². The van der Waals surface area contributed by atoms with Crippen LogP contribution in [0, 0.1) is 0 Å². The zero-order valence-corrected chi connectivity index (χ0v) is 8.97. The Bertz CT molecular complexity index is 250. The minimum absolute atomic E-state index is 0.262. The van der Waals surface area contributed by atoms with E-state index in [9.17, 15) is 5.11 Å². The molecule has 13 heavy (non-hydrogen) atoms. The average molecular weight is 200 g/mol. The van der Waals surface area contributed by atoms with Crippen molar-refractivity contribution in [1.82, 2.24) is 9.36 Å². The fourth-order valence-corrected chi connectivity index (χ4v) is 1.80. The van der Waals surface area contributed by atoms with Crippen LogP contribution in [0.1, 0.15) is 37.5 Å². The van der Waals surface area contributed by atoms with Crippen molar-refractivity contribution in [1.29, 1.82) is 0 Å². The molecule has 1 N–H and O–H groups in total. The number of rotatable bonds is 5. The molecule has 1 aromatic rings. The molecule has 4 heteroatoms. The summed E-state index contributed by atoms with van der Waals surface area (Å²) in [6, 6.07) is 0. The van der Waals surface area contributed by atoms with Crippen molar-refractivity contribution in [3.63, 3.8) is 0 Å². The molecule has 1 atom stereocenters. The van der Waals surface area contributed by atoms with Crippen molar-refractivity contribution in [2.24, 2.45) is 0 Å². The van der Waals surface area contributed by atoms with Crippen LogP contribution in [-0.2, 0) is 12.8 Å². The van der Waals surface area contributed by atoms with Gasteiger partial charge in [-0.3, -0.25) is 0 Å². The third-order valence-corrected chi connectivity index (χ3v) is 2.64. The molecule has 0 radical (unpaired) electrons. The number of nitrogens with zero attached hydrogens (tertiary/aromatic N) is 2. The molecule has 0 aromatic carbocycles. The maximum Gasteiger partial charge on any atom is 0.142 e. The third-order valence-electron chi connectivity index (χ3n) is 1.87. The predicted molar refractivity (Wildman–Crippen MR) is 53.9 cm³/mol. The highest BCUT2D eigenvalue weighted by molar-refractivity contribution is 7.05. The molecular weight excluding hydrogens is 184 g/mol. The van der Waals surface area contributed by atoms with Crippen LogP contribution in [0.15, 0.2) is 0 Å². The summed E-state index contributed by atoms with van der Waals surface area (Å²) < 4.78 is 4.21. The summed E-state index contributed by atoms with van der Waals surface area (Å²) in [5.41, 5.74) is 0. The van der Waals surface area contributed by atoms with Gasteiger partial charge >= 0.3 is 0 Å². The number of hydrogen-bond donors (Lipinski definition) is 1. The molecule has 0 spiro atoms. The Balaban J connectivity index is 2.48. The second-order valence-corrected chi connectivity index (χ2v) is 3.96. The largest absolute Gasteiger partial charge is 0.393 e. The van der Waals surface area contributed by atoms with Crippen LogP contribution in [-0.4, -0.2) is 20.6 Å². The first-order valence-electron chi connectivity index (χ1n) is 4.75. The smallest absolute Gasteiger partial charge is 0.142 e. The Morgan fingerprint density at radius 2 is 2.23 bits per heavy atom. The van der Waals surface area contributed by atoms with Crippen LogP contribution in [0.25, 0.3) is 0 Å². The molecule has 74 valence electrons. The van der Waals surface area contributed by atoms with Gasteiger partial charge in [-0.15, -0.1) is 0 Å². The molecule has 0 aliphatic heterocycles. The Morgan fingerprint density at radius 1 is 1.46 bits per heavy atom. The quantitative estimate of drug-likeness (QED) is 0.788. The highest BCUT2D eigenvalue weighted by Crippen LogP contribution is 2.10. The molecule has 0 fully saturated rings. The molecule has 1 aromatic heterocycles. The lowest BCUT2D eigenvalue weighted by molar-refractivity contribution is 0.170. The van der Waals surface area contributed by atoms with Crippen molar-refractivity contribution in [3.05, 3.63) is 10.8 Å². The lowest BCUT2D eigenvalue weighted by Gasteiger charge is -2.02. The molecule has 0 aliphatic carbocycles. The van der Waals surface area contributed by atoms with Crippen molar-refractivity contribution < 1.29 is 5.11 Å². The van der Waals surface area contributed by atoms with Gasteiger partial charge in [0.2, 0.25) is 0 Å². The summed E-state index contributed by atoms with van der Waals surface area (Å²) in [5, 5.41) is 10.3. The number of aryl methyl sites for hydroxylation is 1. The van der Waals surface area contributed by atoms with E-state index in [0.717, 1.165) is 30.1 Å². The van der Waals surface area contributed by atoms with Gasteiger partial charge < -0.3 is 5.11 Å². The Kier molecular flexibility index (Phi) is 4.32. The van der Waals surface area contributed by atoms with Crippen LogP contribution in [0.5, 0.6) is 0 Å². The highest BCUT2D eigenvalue weighted by Gasteiger charge is 2.07. The van der Waals surface area contributed by atoms with E-state index in [-0.39, 0.29) is 6.10 Å². The first-order chi connectivity index (χ1) is 6.26. The Hall–Kier alpha value is -0.480. The standard InChI is InChI=1S/C9H16N2OS/c1-3-5-8-10-9(13-11-8)6-7(12)4-2/h7,12H,3-6H2,1-2H3. The number of hydrogen-bond acceptors (Lipinski definition) is 4. The van der Waals surface area contributed by atoms with Crippen molar-refractivity contribution >= 4 is 11.5 Å². The summed E-state index contributed by atoms with van der Waals surface area (Å²) in [7, 11) is 0. The van der Waals surface area contributed by atoms with Crippen LogP contribution in [0.2, 0.25) is 0 Å². The van der Waals surface area contributed by atoms with Crippen molar-refractivity contribution in [2.75, 3.05) is 0 Å². The van der Waals surface area contributed by atoms with Gasteiger partial charge in [0, 0.05) is 12.8 Å². The molecule has 0 bridgehead atoms. The first-order valence-corrected chi connectivity index (χ1v) is 5.53. The molecular formula is C9H16N2OS. The van der Waals surface area contributed by atoms with Crippen molar-refractivity contribution in [2.45, 2.75) is 45.6 Å². The van der Waals surface area contributed by atoms with E-state index in [2.05, 4.69) is 16.3 Å². The molecule has 1 heterocycles. The maximum atomic E-state index is 9.39. The summed E-state index contributed by atoms with van der Waals surface area (Å²) in [6.45, 7) is 4.08. The van der Waals surface area contributed by atoms with E-state index < -0.39 is 0 Å². The highest BCUT2D eigenvalue weighted by atomic mass is 32.1. The van der Waals surface area contributed by atoms with E-state index in [0.29, 0.717) is 6.42 Å². The minimum atomic E-state index is -0.262. The molecule has 3 nitrogen and oxygen atoms in total. The van der Waals surface area contributed by atoms with Gasteiger partial charge in [0.15, 0.2) is 0 Å². The van der Waals surface area contributed by atoms with Gasteiger partial charge in [-0.2, -0.15) is 4.37 Å². The van der Waals surface area contributed by atoms with Gasteiger partial charge in [0.1, 0.15) is 10.8 Å². The van der Waals surface area contributed by atoms with Gasteiger partial charge in [0.05, 0.1) is 6.10 Å². The molecule has 0 saturated heterocycles. The van der Waals surface area contributed by atoms with Crippen LogP contribution in [0.4, 0.5) is 0 Å². The molecule has 0 saturated carbocycles. The monoisotopic (exact) mass is 200 g/mol. The minimum Gasteiger partial charge on any atom is -0.393 e. The zero-order chi connectivity index (χ0) is 9.68. The van der Waals surface area contributed by atoms with Gasteiger partial charge in [-0.25, -0.2) is 4.98 Å². The lowest BCUT2D eigenvalue weighted by Crippen LogP contribution is -2.08. The summed E-state index contributed by atoms with van der Waals surface area (Å²) in [6.07, 6.45) is 3.19. The molecule has 1 rings (SSSR count). The summed E-state index contributed by atoms with van der Waals surface area (Å²) in [5.74, 6) is 0.922. The van der Waals surface area contributed by atoms with Crippen molar-refractivity contribution in [3.8, 4) is 0 Å². The normalized spacial score (nSPS) is 13.2. The summed E-state index contributed by atoms with van der Waals surface area (Å²) >= 11 is 1.41. The lowest BCUT2D eigenvalue weighted by atomic mass is 10.2. The maximum absolute atomic E-state index is 9.39. The second kappa shape index (κ2) is 5.29. The molecule has 0 amide bonds. The zero-order valence-electron chi connectivity index (χ0n) is 8.16. The Labute approximate surface area is 83.0 Å². The number of aliphatic hydroxyl groups excluding tert-OH is 1. The van der Waals surface area contributed by atoms with Gasteiger partial charge in [-0.1, -0.05) is 13.8 Å². The van der Waals surface area contributed by atoms with Crippen LogP contribution in [0.3, 0.4) is 0 Å². The van der Waals surface area contributed by atoms with E-state index in [1.807, 2.05) is 6.92 Å². The predicted octanol–water partition coefficient (Wildman–Crippen LogP) is 1.80. The topological polar surface area (TPSA) is 46.0 Å². The van der Waals surface area contributed by atoms with E-state index in [4.69, 9.17) is 0 Å². The summed E-state index contributed by atoms with van der Waals surface area (Å²) in [4.78, 5) is 4.34. The third kappa shape index (κ3) is 3.40. The number of aliphatic hydroxyl groups is 1. The second-order valence-electron chi connectivity index (χ2n) is 3.12. The van der Waals surface area contributed by atoms with E-state index in [1.165, 1.54) is 11.5 Å². The number of aromatic nitrogens is 2.